The quantitative estimate of drug-likeness (QED) is 0.532. The largest absolute Gasteiger partial charge is 0.516 e. The van der Waals surface area contributed by atoms with Crippen molar-refractivity contribution in [3.63, 3.8) is 0 Å². The molecule has 0 rings (SSSR count). The summed E-state index contributed by atoms with van der Waals surface area (Å²) < 4.78 is 11.0. The van der Waals surface area contributed by atoms with Gasteiger partial charge in [0.15, 0.2) is 0 Å². The third-order valence-electron chi connectivity index (χ3n) is 2.76. The normalized spacial score (nSPS) is 11.7. The molecule has 0 aliphatic heterocycles. The first kappa shape index (κ1) is 18.9. The number of rotatable bonds is 7. The van der Waals surface area contributed by atoms with E-state index in [1.165, 1.54) is 0 Å². The van der Waals surface area contributed by atoms with Crippen molar-refractivity contribution < 1.29 is 18.4 Å². The van der Waals surface area contributed by atoms with Gasteiger partial charge in [-0.2, -0.15) is 0 Å². The van der Waals surface area contributed by atoms with Gasteiger partial charge in [0.25, 0.3) is 0 Å². The lowest BCUT2D eigenvalue weighted by molar-refractivity contribution is -0.132. The highest BCUT2D eigenvalue weighted by atomic mass is 28.4. The molecular weight excluding hydrogens is 288 g/mol. The molecule has 114 valence electrons. The first-order valence-electron chi connectivity index (χ1n) is 6.64. The van der Waals surface area contributed by atoms with Crippen LogP contribution in [0.5, 0.6) is 0 Å². The maximum Gasteiger partial charge on any atom is 0.319 e. The highest BCUT2D eigenvalue weighted by molar-refractivity contribution is 6.78. The molecule has 0 aromatic heterocycles. The second-order valence-corrected chi connectivity index (χ2v) is 14.8. The molecule has 20 heavy (non-hydrogen) atoms. The average molecular weight is 315 g/mol. The topological polar surface area (TPSA) is 52.6 Å². The van der Waals surface area contributed by atoms with Crippen molar-refractivity contribution in [2.45, 2.75) is 52.1 Å². The molecule has 0 aromatic rings. The maximum atomic E-state index is 11.6. The zero-order valence-electron chi connectivity index (χ0n) is 13.5. The van der Waals surface area contributed by atoms with Crippen LogP contribution in [0.3, 0.4) is 0 Å². The molecule has 0 atom stereocenters. The Morgan fingerprint density at radius 3 is 1.25 bits per heavy atom. The average Bonchev–Trinajstić information content (AvgIpc) is 2.25. The predicted molar refractivity (Wildman–Crippen MR) is 86.4 cm³/mol. The van der Waals surface area contributed by atoms with E-state index in [0.29, 0.717) is 11.1 Å². The van der Waals surface area contributed by atoms with Crippen LogP contribution in [-0.2, 0) is 18.4 Å². The molecule has 0 radical (unpaired) electrons. The van der Waals surface area contributed by atoms with Crippen LogP contribution in [0.15, 0.2) is 24.3 Å². The molecule has 0 saturated heterocycles. The van der Waals surface area contributed by atoms with E-state index >= 15 is 0 Å². The molecule has 0 amide bonds. The predicted octanol–water partition coefficient (Wildman–Crippen LogP) is 3.64. The molecule has 0 aliphatic rings. The Morgan fingerprint density at radius 2 is 1.05 bits per heavy atom. The van der Waals surface area contributed by atoms with Crippen LogP contribution in [0.1, 0.15) is 13.8 Å². The molecular formula is C14H26O4Si2. The van der Waals surface area contributed by atoms with Gasteiger partial charge < -0.3 is 8.85 Å². The van der Waals surface area contributed by atoms with Crippen molar-refractivity contribution in [3.8, 4) is 0 Å². The first-order valence-corrected chi connectivity index (χ1v) is 12.9. The number of carbonyl (C=O) groups excluding carboxylic acids is 2. The molecule has 4 nitrogen and oxygen atoms in total. The van der Waals surface area contributed by atoms with Crippen molar-refractivity contribution in [1.82, 2.24) is 0 Å². The molecule has 0 spiro atoms. The molecule has 0 bridgehead atoms. The highest BCUT2D eigenvalue weighted by Gasteiger charge is 2.34. The molecule has 0 fully saturated rings. The summed E-state index contributed by atoms with van der Waals surface area (Å²) in [5.74, 6) is -0.667. The van der Waals surface area contributed by atoms with Gasteiger partial charge in [0.2, 0.25) is 16.6 Å². The van der Waals surface area contributed by atoms with Gasteiger partial charge in [-0.25, -0.2) is 9.59 Å². The van der Waals surface area contributed by atoms with Crippen LogP contribution in [-0.4, -0.2) is 28.6 Å². The Hall–Kier alpha value is -1.15. The minimum absolute atomic E-state index is 0.333. The van der Waals surface area contributed by atoms with Crippen LogP contribution < -0.4 is 0 Å². The Labute approximate surface area is 124 Å². The van der Waals surface area contributed by atoms with E-state index in [1.54, 1.807) is 13.8 Å². The SMILES string of the molecule is C=C(C)C(=O)O[Si](C)(C)CC[Si](C)(C)OC(=O)C(=C)C. The maximum absolute atomic E-state index is 11.6. The fraction of sp³-hybridized carbons (Fsp3) is 0.571. The zero-order valence-corrected chi connectivity index (χ0v) is 15.5. The van der Waals surface area contributed by atoms with E-state index in [9.17, 15) is 9.59 Å². The van der Waals surface area contributed by atoms with E-state index in [4.69, 9.17) is 8.85 Å². The van der Waals surface area contributed by atoms with Crippen LogP contribution in [0.2, 0.25) is 38.3 Å². The lowest BCUT2D eigenvalue weighted by Crippen LogP contribution is -2.39. The molecule has 0 saturated carbocycles. The van der Waals surface area contributed by atoms with Crippen LogP contribution in [0.4, 0.5) is 0 Å². The summed E-state index contributed by atoms with van der Waals surface area (Å²) in [6.45, 7) is 18.4. The van der Waals surface area contributed by atoms with Gasteiger partial charge in [-0.05, 0) is 52.1 Å². The van der Waals surface area contributed by atoms with Gasteiger partial charge in [-0.15, -0.1) is 0 Å². The summed E-state index contributed by atoms with van der Waals surface area (Å²) in [7, 11) is -4.21. The van der Waals surface area contributed by atoms with Crippen LogP contribution in [0, 0.1) is 0 Å². The summed E-state index contributed by atoms with van der Waals surface area (Å²) in [5.41, 5.74) is 0.826. The Balaban J connectivity index is 4.50. The standard InChI is InChI=1S/C14H26O4Si2/c1-11(2)13(15)17-19(5,6)9-10-20(7,8)18-14(16)12(3)4/h1,3,9-10H2,2,4-8H3. The summed E-state index contributed by atoms with van der Waals surface area (Å²) in [5, 5.41) is 0. The summed E-state index contributed by atoms with van der Waals surface area (Å²) in [6.07, 6.45) is 0. The minimum atomic E-state index is -2.11. The van der Waals surface area contributed by atoms with Crippen molar-refractivity contribution >= 4 is 28.6 Å². The number of hydrogen-bond donors (Lipinski definition) is 0. The summed E-state index contributed by atoms with van der Waals surface area (Å²) >= 11 is 0. The van der Waals surface area contributed by atoms with Crippen molar-refractivity contribution in [2.24, 2.45) is 0 Å². The van der Waals surface area contributed by atoms with Gasteiger partial charge in [0.05, 0.1) is 0 Å². The van der Waals surface area contributed by atoms with E-state index in [0.717, 1.165) is 12.1 Å². The summed E-state index contributed by atoms with van der Waals surface area (Å²) in [4.78, 5) is 23.2. The third kappa shape index (κ3) is 7.44. The van der Waals surface area contributed by atoms with Gasteiger partial charge in [0, 0.05) is 11.1 Å². The van der Waals surface area contributed by atoms with Crippen molar-refractivity contribution in [3.05, 3.63) is 24.3 Å². The van der Waals surface area contributed by atoms with Gasteiger partial charge in [0.1, 0.15) is 0 Å². The molecule has 0 unspecified atom stereocenters. The van der Waals surface area contributed by atoms with E-state index in [1.807, 2.05) is 26.2 Å². The van der Waals surface area contributed by atoms with E-state index in [2.05, 4.69) is 13.2 Å². The first-order chi connectivity index (χ1) is 8.86. The minimum Gasteiger partial charge on any atom is -0.516 e. The fourth-order valence-corrected chi connectivity index (χ4v) is 7.75. The monoisotopic (exact) mass is 314 g/mol. The third-order valence-corrected chi connectivity index (χ3v) is 7.65. The van der Waals surface area contributed by atoms with Crippen LogP contribution in [0.25, 0.3) is 0 Å². The number of carbonyl (C=O) groups is 2. The zero-order chi connectivity index (χ0) is 16.1. The van der Waals surface area contributed by atoms with E-state index in [-0.39, 0.29) is 11.9 Å². The van der Waals surface area contributed by atoms with Gasteiger partial charge >= 0.3 is 11.9 Å². The van der Waals surface area contributed by atoms with Crippen LogP contribution >= 0.6 is 0 Å². The molecule has 6 heteroatoms. The number of hydrogen-bond acceptors (Lipinski definition) is 4. The molecule has 0 N–H and O–H groups in total. The molecule has 0 aliphatic carbocycles. The van der Waals surface area contributed by atoms with Crippen molar-refractivity contribution in [1.29, 1.82) is 0 Å². The lowest BCUT2D eigenvalue weighted by Gasteiger charge is -2.28. The smallest absolute Gasteiger partial charge is 0.319 e. The van der Waals surface area contributed by atoms with Gasteiger partial charge in [-0.1, -0.05) is 13.2 Å². The van der Waals surface area contributed by atoms with E-state index < -0.39 is 16.6 Å². The fourth-order valence-electron chi connectivity index (χ4n) is 1.38. The van der Waals surface area contributed by atoms with Gasteiger partial charge in [-0.3, -0.25) is 0 Å². The Morgan fingerprint density at radius 1 is 0.800 bits per heavy atom. The van der Waals surface area contributed by atoms with Crippen molar-refractivity contribution in [2.75, 3.05) is 0 Å². The highest BCUT2D eigenvalue weighted by Crippen LogP contribution is 2.23. The second kappa shape index (κ2) is 7.03. The molecule has 0 heterocycles. The molecule has 0 aromatic carbocycles. The Bertz CT molecular complexity index is 385. The summed E-state index contributed by atoms with van der Waals surface area (Å²) in [6, 6.07) is 1.55. The lowest BCUT2D eigenvalue weighted by atomic mass is 10.4. The second-order valence-electron chi connectivity index (χ2n) is 6.36. The Kier molecular flexibility index (Phi) is 6.63.